The van der Waals surface area contributed by atoms with Gasteiger partial charge in [-0.3, -0.25) is 4.79 Å². The van der Waals surface area contributed by atoms with E-state index in [1.807, 2.05) is 25.1 Å². The van der Waals surface area contributed by atoms with Gasteiger partial charge in [-0.05, 0) is 31.2 Å². The van der Waals surface area contributed by atoms with Crippen LogP contribution in [-0.2, 0) is 0 Å². The van der Waals surface area contributed by atoms with Crippen molar-refractivity contribution in [1.29, 1.82) is 0 Å². The Bertz CT molecular complexity index is 512. The lowest BCUT2D eigenvalue weighted by atomic mass is 10.1. The molecule has 1 heterocycles. The van der Waals surface area contributed by atoms with Gasteiger partial charge < -0.3 is 9.15 Å². The van der Waals surface area contributed by atoms with Gasteiger partial charge in [-0.2, -0.15) is 0 Å². The molecule has 0 aliphatic heterocycles. The fourth-order valence-electron chi connectivity index (χ4n) is 1.55. The molecule has 0 fully saturated rings. The highest BCUT2D eigenvalue weighted by atomic mass is 16.5. The molecule has 0 unspecified atom stereocenters. The molecule has 1 aromatic carbocycles. The van der Waals surface area contributed by atoms with Crippen molar-refractivity contribution in [3.05, 3.63) is 41.7 Å². The molecule has 16 heavy (non-hydrogen) atoms. The fraction of sp³-hybridized carbons (Fsp3) is 0.154. The smallest absolute Gasteiger partial charge is 0.153 e. The molecule has 0 saturated heterocycles. The Balaban J connectivity index is 2.47. The number of hydrogen-bond donors (Lipinski definition) is 0. The normalized spacial score (nSPS) is 10.1. The van der Waals surface area contributed by atoms with Crippen LogP contribution in [0.1, 0.15) is 16.1 Å². The first-order chi connectivity index (χ1) is 7.74. The molecule has 0 aliphatic carbocycles. The van der Waals surface area contributed by atoms with Crippen molar-refractivity contribution in [2.24, 2.45) is 0 Å². The Morgan fingerprint density at radius 1 is 1.25 bits per heavy atom. The summed E-state index contributed by atoms with van der Waals surface area (Å²) >= 11 is 0. The summed E-state index contributed by atoms with van der Waals surface area (Å²) in [6, 6.07) is 9.14. The van der Waals surface area contributed by atoms with Gasteiger partial charge in [0.25, 0.3) is 0 Å². The molecule has 0 atom stereocenters. The van der Waals surface area contributed by atoms with Crippen molar-refractivity contribution in [3.63, 3.8) is 0 Å². The van der Waals surface area contributed by atoms with Crippen molar-refractivity contribution >= 4 is 6.29 Å². The molecular formula is C13H12O3. The summed E-state index contributed by atoms with van der Waals surface area (Å²) in [6.07, 6.45) is 0.774. The van der Waals surface area contributed by atoms with Gasteiger partial charge in [-0.1, -0.05) is 6.07 Å². The van der Waals surface area contributed by atoms with Crippen LogP contribution in [0.25, 0.3) is 11.3 Å². The van der Waals surface area contributed by atoms with E-state index in [4.69, 9.17) is 9.15 Å². The number of carbonyl (C=O) groups is 1. The van der Waals surface area contributed by atoms with Crippen LogP contribution in [-0.4, -0.2) is 13.4 Å². The summed E-state index contributed by atoms with van der Waals surface area (Å²) in [7, 11) is 1.54. The molecule has 0 radical (unpaired) electrons. The zero-order chi connectivity index (χ0) is 11.5. The van der Waals surface area contributed by atoms with E-state index in [-0.39, 0.29) is 0 Å². The first-order valence-electron chi connectivity index (χ1n) is 4.94. The topological polar surface area (TPSA) is 39.4 Å². The van der Waals surface area contributed by atoms with Gasteiger partial charge in [-0.15, -0.1) is 0 Å². The Morgan fingerprint density at radius 3 is 2.62 bits per heavy atom. The standard InChI is InChI=1S/C13H12O3/c1-9-3-6-12(16-9)10-4-5-11(8-14)13(7-10)15-2/h3-8H,1-2H3. The van der Waals surface area contributed by atoms with Gasteiger partial charge in [0.15, 0.2) is 6.29 Å². The van der Waals surface area contributed by atoms with E-state index in [0.29, 0.717) is 11.3 Å². The van der Waals surface area contributed by atoms with Crippen molar-refractivity contribution in [3.8, 4) is 17.1 Å². The second kappa shape index (κ2) is 4.23. The Morgan fingerprint density at radius 2 is 2.06 bits per heavy atom. The lowest BCUT2D eigenvalue weighted by molar-refractivity contribution is 0.112. The van der Waals surface area contributed by atoms with Gasteiger partial charge >= 0.3 is 0 Å². The highest BCUT2D eigenvalue weighted by Gasteiger charge is 2.07. The van der Waals surface area contributed by atoms with E-state index < -0.39 is 0 Å². The number of ether oxygens (including phenoxy) is 1. The van der Waals surface area contributed by atoms with E-state index >= 15 is 0 Å². The van der Waals surface area contributed by atoms with Crippen molar-refractivity contribution in [2.75, 3.05) is 7.11 Å². The third-order valence-corrected chi connectivity index (χ3v) is 2.39. The molecule has 2 aromatic rings. The maximum atomic E-state index is 10.7. The summed E-state index contributed by atoms with van der Waals surface area (Å²) in [5, 5.41) is 0. The zero-order valence-corrected chi connectivity index (χ0v) is 9.19. The van der Waals surface area contributed by atoms with E-state index in [1.165, 1.54) is 0 Å². The molecule has 0 spiro atoms. The number of carbonyl (C=O) groups excluding carboxylic acids is 1. The lowest BCUT2D eigenvalue weighted by Gasteiger charge is -2.05. The summed E-state index contributed by atoms with van der Waals surface area (Å²) < 4.78 is 10.6. The third-order valence-electron chi connectivity index (χ3n) is 2.39. The Hall–Kier alpha value is -2.03. The highest BCUT2D eigenvalue weighted by Crippen LogP contribution is 2.27. The van der Waals surface area contributed by atoms with Crippen LogP contribution < -0.4 is 4.74 Å². The number of aldehydes is 1. The number of methoxy groups -OCH3 is 1. The quantitative estimate of drug-likeness (QED) is 0.740. The molecule has 0 N–H and O–H groups in total. The third kappa shape index (κ3) is 1.84. The fourth-order valence-corrected chi connectivity index (χ4v) is 1.55. The molecule has 0 bridgehead atoms. The molecule has 3 nitrogen and oxygen atoms in total. The van der Waals surface area contributed by atoms with Crippen LogP contribution >= 0.6 is 0 Å². The molecular weight excluding hydrogens is 204 g/mol. The molecule has 0 aliphatic rings. The van der Waals surface area contributed by atoms with Crippen molar-refractivity contribution < 1.29 is 13.9 Å². The SMILES string of the molecule is COc1cc(-c2ccc(C)o2)ccc1C=O. The van der Waals surface area contributed by atoms with Gasteiger partial charge in [0.1, 0.15) is 17.3 Å². The van der Waals surface area contributed by atoms with Crippen LogP contribution in [0.15, 0.2) is 34.7 Å². The van der Waals surface area contributed by atoms with E-state index in [9.17, 15) is 4.79 Å². The minimum atomic E-state index is 0.537. The Labute approximate surface area is 93.7 Å². The minimum Gasteiger partial charge on any atom is -0.496 e. The maximum absolute atomic E-state index is 10.7. The summed E-state index contributed by atoms with van der Waals surface area (Å²) in [6.45, 7) is 1.89. The molecule has 1 aromatic heterocycles. The lowest BCUT2D eigenvalue weighted by Crippen LogP contribution is -1.90. The van der Waals surface area contributed by atoms with Crippen molar-refractivity contribution in [1.82, 2.24) is 0 Å². The molecule has 0 saturated carbocycles. The van der Waals surface area contributed by atoms with Gasteiger partial charge in [-0.25, -0.2) is 0 Å². The second-order valence-corrected chi connectivity index (χ2v) is 3.48. The largest absolute Gasteiger partial charge is 0.496 e. The minimum absolute atomic E-state index is 0.537. The van der Waals surface area contributed by atoms with Crippen LogP contribution in [0.5, 0.6) is 5.75 Å². The number of rotatable bonds is 3. The van der Waals surface area contributed by atoms with E-state index in [0.717, 1.165) is 23.4 Å². The summed E-state index contributed by atoms with van der Waals surface area (Å²) in [5.41, 5.74) is 1.44. The predicted octanol–water partition coefficient (Wildman–Crippen LogP) is 3.08. The molecule has 0 amide bonds. The highest BCUT2D eigenvalue weighted by molar-refractivity contribution is 5.81. The molecule has 3 heteroatoms. The number of aryl methyl sites for hydroxylation is 1. The average Bonchev–Trinajstić information content (AvgIpc) is 2.75. The van der Waals surface area contributed by atoms with Gasteiger partial charge in [0, 0.05) is 5.56 Å². The second-order valence-electron chi connectivity index (χ2n) is 3.48. The van der Waals surface area contributed by atoms with Crippen LogP contribution in [0.2, 0.25) is 0 Å². The first kappa shape index (κ1) is 10.5. The van der Waals surface area contributed by atoms with Gasteiger partial charge in [0.05, 0.1) is 12.7 Å². The predicted molar refractivity (Wildman–Crippen MR) is 60.8 cm³/mol. The zero-order valence-electron chi connectivity index (χ0n) is 9.19. The van der Waals surface area contributed by atoms with Crippen LogP contribution in [0.3, 0.4) is 0 Å². The van der Waals surface area contributed by atoms with E-state index in [1.54, 1.807) is 19.2 Å². The summed E-state index contributed by atoms with van der Waals surface area (Å²) in [5.74, 6) is 2.18. The number of hydrogen-bond acceptors (Lipinski definition) is 3. The molecule has 2 rings (SSSR count). The van der Waals surface area contributed by atoms with Crippen molar-refractivity contribution in [2.45, 2.75) is 6.92 Å². The van der Waals surface area contributed by atoms with E-state index in [2.05, 4.69) is 0 Å². The maximum Gasteiger partial charge on any atom is 0.153 e. The molecule has 82 valence electrons. The number of furan rings is 1. The van der Waals surface area contributed by atoms with Crippen LogP contribution in [0, 0.1) is 6.92 Å². The van der Waals surface area contributed by atoms with Crippen LogP contribution in [0.4, 0.5) is 0 Å². The summed E-state index contributed by atoms with van der Waals surface area (Å²) in [4.78, 5) is 10.7. The first-order valence-corrected chi connectivity index (χ1v) is 4.94. The monoisotopic (exact) mass is 216 g/mol. The number of benzene rings is 1. The van der Waals surface area contributed by atoms with Gasteiger partial charge in [0.2, 0.25) is 0 Å². The average molecular weight is 216 g/mol. The Kier molecular flexibility index (Phi) is 2.77.